The largest absolute Gasteiger partial charge is 0.508 e. The van der Waals surface area contributed by atoms with Gasteiger partial charge in [0, 0.05) is 37.9 Å². The van der Waals surface area contributed by atoms with Crippen LogP contribution in [0.3, 0.4) is 0 Å². The molecule has 1 aliphatic heterocycles. The van der Waals surface area contributed by atoms with Crippen molar-refractivity contribution in [2.75, 3.05) is 37.6 Å². The number of piperazine rings is 1. The predicted molar refractivity (Wildman–Crippen MR) is 101 cm³/mol. The molecular formula is C20H31N3O2. The van der Waals surface area contributed by atoms with Gasteiger partial charge in [0.05, 0.1) is 6.54 Å². The normalized spacial score (nSPS) is 20.7. The second-order valence-electron chi connectivity index (χ2n) is 7.39. The highest BCUT2D eigenvalue weighted by Crippen LogP contribution is 2.20. The summed E-state index contributed by atoms with van der Waals surface area (Å²) in [6, 6.07) is 7.73. The SMILES string of the molecule is O=C(CN1CCN(c2ccc(O)cc2)CC1)NC1CCCCCCC1. The van der Waals surface area contributed by atoms with Gasteiger partial charge in [-0.3, -0.25) is 9.69 Å². The van der Waals surface area contributed by atoms with Crippen LogP contribution < -0.4 is 10.2 Å². The number of phenolic OH excluding ortho intramolecular Hbond substituents is 1. The number of amides is 1. The number of carbonyl (C=O) groups excluding carboxylic acids is 1. The van der Waals surface area contributed by atoms with E-state index in [1.165, 1.54) is 32.1 Å². The van der Waals surface area contributed by atoms with Crippen molar-refractivity contribution in [1.82, 2.24) is 10.2 Å². The van der Waals surface area contributed by atoms with Gasteiger partial charge in [-0.15, -0.1) is 0 Å². The Kier molecular flexibility index (Phi) is 6.56. The van der Waals surface area contributed by atoms with E-state index in [1.807, 2.05) is 12.1 Å². The van der Waals surface area contributed by atoms with Gasteiger partial charge in [0.15, 0.2) is 0 Å². The smallest absolute Gasteiger partial charge is 0.234 e. The summed E-state index contributed by atoms with van der Waals surface area (Å²) in [5.74, 6) is 0.483. The van der Waals surface area contributed by atoms with E-state index >= 15 is 0 Å². The number of phenols is 1. The molecule has 138 valence electrons. The minimum absolute atomic E-state index is 0.184. The van der Waals surface area contributed by atoms with Crippen molar-refractivity contribution in [3.63, 3.8) is 0 Å². The second-order valence-corrected chi connectivity index (χ2v) is 7.39. The lowest BCUT2D eigenvalue weighted by Crippen LogP contribution is -2.50. The number of benzene rings is 1. The molecule has 1 amide bonds. The Morgan fingerprint density at radius 2 is 1.56 bits per heavy atom. The fourth-order valence-electron chi connectivity index (χ4n) is 3.90. The molecule has 0 aromatic heterocycles. The number of hydrogen-bond acceptors (Lipinski definition) is 4. The fraction of sp³-hybridized carbons (Fsp3) is 0.650. The number of carbonyl (C=O) groups is 1. The third-order valence-electron chi connectivity index (χ3n) is 5.42. The first-order valence-corrected chi connectivity index (χ1v) is 9.76. The number of rotatable bonds is 4. The molecule has 1 saturated heterocycles. The molecule has 1 aliphatic carbocycles. The molecule has 1 aromatic rings. The summed E-state index contributed by atoms with van der Waals surface area (Å²) in [6.45, 7) is 4.15. The van der Waals surface area contributed by atoms with Crippen molar-refractivity contribution >= 4 is 11.6 Å². The predicted octanol–water partition coefficient (Wildman–Crippen LogP) is 2.74. The van der Waals surface area contributed by atoms with Gasteiger partial charge in [-0.1, -0.05) is 32.1 Å². The van der Waals surface area contributed by atoms with Gasteiger partial charge in [-0.2, -0.15) is 0 Å². The van der Waals surface area contributed by atoms with Crippen molar-refractivity contribution in [3.8, 4) is 5.75 Å². The second kappa shape index (κ2) is 9.09. The summed E-state index contributed by atoms with van der Waals surface area (Å²) in [6.07, 6.45) is 8.75. The van der Waals surface area contributed by atoms with Crippen molar-refractivity contribution < 1.29 is 9.90 Å². The first-order valence-electron chi connectivity index (χ1n) is 9.76. The van der Waals surface area contributed by atoms with E-state index < -0.39 is 0 Å². The molecule has 3 rings (SSSR count). The van der Waals surface area contributed by atoms with Gasteiger partial charge in [-0.25, -0.2) is 0 Å². The van der Waals surface area contributed by atoms with Gasteiger partial charge < -0.3 is 15.3 Å². The van der Waals surface area contributed by atoms with Crippen molar-refractivity contribution in [1.29, 1.82) is 0 Å². The molecule has 0 unspecified atom stereocenters. The van der Waals surface area contributed by atoms with E-state index in [4.69, 9.17) is 0 Å². The van der Waals surface area contributed by atoms with Crippen LogP contribution in [0.1, 0.15) is 44.9 Å². The number of aromatic hydroxyl groups is 1. The van der Waals surface area contributed by atoms with Crippen LogP contribution in [-0.4, -0.2) is 54.7 Å². The van der Waals surface area contributed by atoms with Crippen molar-refractivity contribution in [2.45, 2.75) is 51.0 Å². The van der Waals surface area contributed by atoms with Gasteiger partial charge in [0.25, 0.3) is 0 Å². The zero-order chi connectivity index (χ0) is 17.5. The van der Waals surface area contributed by atoms with Crippen LogP contribution in [0.2, 0.25) is 0 Å². The van der Waals surface area contributed by atoms with E-state index in [9.17, 15) is 9.90 Å². The molecule has 1 aromatic carbocycles. The van der Waals surface area contributed by atoms with E-state index in [0.717, 1.165) is 44.7 Å². The Morgan fingerprint density at radius 1 is 0.960 bits per heavy atom. The van der Waals surface area contributed by atoms with Gasteiger partial charge in [-0.05, 0) is 37.1 Å². The summed E-state index contributed by atoms with van der Waals surface area (Å²) in [5, 5.41) is 12.7. The highest BCUT2D eigenvalue weighted by atomic mass is 16.3. The minimum atomic E-state index is 0.184. The van der Waals surface area contributed by atoms with Crippen molar-refractivity contribution in [3.05, 3.63) is 24.3 Å². The Balaban J connectivity index is 1.40. The first-order chi connectivity index (χ1) is 12.2. The molecular weight excluding hydrogens is 314 g/mol. The standard InChI is InChI=1S/C20H31N3O2/c24-19-10-8-18(9-11-19)23-14-12-22(13-15-23)16-20(25)21-17-6-4-2-1-3-5-7-17/h8-11,17,24H,1-7,12-16H2,(H,21,25). The molecule has 2 N–H and O–H groups in total. The number of nitrogens with one attached hydrogen (secondary N) is 1. The highest BCUT2D eigenvalue weighted by molar-refractivity contribution is 5.78. The number of nitrogens with zero attached hydrogens (tertiary/aromatic N) is 2. The summed E-state index contributed by atoms with van der Waals surface area (Å²) in [4.78, 5) is 16.9. The summed E-state index contributed by atoms with van der Waals surface area (Å²) < 4.78 is 0. The zero-order valence-corrected chi connectivity index (χ0v) is 15.1. The fourth-order valence-corrected chi connectivity index (χ4v) is 3.90. The van der Waals surface area contributed by atoms with Crippen LogP contribution in [0.25, 0.3) is 0 Å². The topological polar surface area (TPSA) is 55.8 Å². The van der Waals surface area contributed by atoms with E-state index in [2.05, 4.69) is 15.1 Å². The van der Waals surface area contributed by atoms with Gasteiger partial charge in [0.1, 0.15) is 5.75 Å². The van der Waals surface area contributed by atoms with E-state index in [-0.39, 0.29) is 5.91 Å². The van der Waals surface area contributed by atoms with Crippen LogP contribution >= 0.6 is 0 Å². The summed E-state index contributed by atoms with van der Waals surface area (Å²) >= 11 is 0. The molecule has 2 fully saturated rings. The van der Waals surface area contributed by atoms with Crippen molar-refractivity contribution in [2.24, 2.45) is 0 Å². The highest BCUT2D eigenvalue weighted by Gasteiger charge is 2.21. The summed E-state index contributed by atoms with van der Waals surface area (Å²) in [5.41, 5.74) is 1.14. The Morgan fingerprint density at radius 3 is 2.20 bits per heavy atom. The lowest BCUT2D eigenvalue weighted by molar-refractivity contribution is -0.123. The van der Waals surface area contributed by atoms with Crippen LogP contribution in [0.5, 0.6) is 5.75 Å². The van der Waals surface area contributed by atoms with Crippen LogP contribution in [0.4, 0.5) is 5.69 Å². The van der Waals surface area contributed by atoms with Crippen LogP contribution in [0.15, 0.2) is 24.3 Å². The molecule has 1 heterocycles. The molecule has 2 aliphatic rings. The maximum Gasteiger partial charge on any atom is 0.234 e. The maximum atomic E-state index is 12.4. The Hall–Kier alpha value is -1.75. The lowest BCUT2D eigenvalue weighted by Gasteiger charge is -2.36. The molecule has 0 spiro atoms. The third kappa shape index (κ3) is 5.63. The maximum absolute atomic E-state index is 12.4. The minimum Gasteiger partial charge on any atom is -0.508 e. The summed E-state index contributed by atoms with van der Waals surface area (Å²) in [7, 11) is 0. The van der Waals surface area contributed by atoms with E-state index in [0.29, 0.717) is 18.3 Å². The molecule has 5 nitrogen and oxygen atoms in total. The molecule has 25 heavy (non-hydrogen) atoms. The van der Waals surface area contributed by atoms with Gasteiger partial charge >= 0.3 is 0 Å². The molecule has 1 saturated carbocycles. The monoisotopic (exact) mass is 345 g/mol. The number of hydrogen-bond donors (Lipinski definition) is 2. The zero-order valence-electron chi connectivity index (χ0n) is 15.1. The molecule has 0 atom stereocenters. The molecule has 0 bridgehead atoms. The molecule has 5 heteroatoms. The third-order valence-corrected chi connectivity index (χ3v) is 5.42. The quantitative estimate of drug-likeness (QED) is 0.881. The Bertz CT molecular complexity index is 530. The molecule has 0 radical (unpaired) electrons. The average molecular weight is 345 g/mol. The van der Waals surface area contributed by atoms with Crippen LogP contribution in [-0.2, 0) is 4.79 Å². The van der Waals surface area contributed by atoms with Crippen LogP contribution in [0, 0.1) is 0 Å². The number of anilines is 1. The van der Waals surface area contributed by atoms with Gasteiger partial charge in [0.2, 0.25) is 5.91 Å². The first kappa shape index (κ1) is 18.1. The average Bonchev–Trinajstić information content (AvgIpc) is 2.59. The Labute approximate surface area is 151 Å². The van der Waals surface area contributed by atoms with E-state index in [1.54, 1.807) is 12.1 Å². The lowest BCUT2D eigenvalue weighted by atomic mass is 9.97.